The molecule has 0 aliphatic carbocycles. The molecule has 0 aliphatic heterocycles. The first kappa shape index (κ1) is 12.8. The summed E-state index contributed by atoms with van der Waals surface area (Å²) in [6.07, 6.45) is 3.36. The molecule has 0 rings (SSSR count). The van der Waals surface area contributed by atoms with Crippen molar-refractivity contribution in [2.45, 2.75) is 20.3 Å². The molecule has 13 heavy (non-hydrogen) atoms. The van der Waals surface area contributed by atoms with E-state index in [1.165, 1.54) is 12.2 Å². The number of hydrogen-bond donors (Lipinski definition) is 0. The molecule has 76 valence electrons. The minimum absolute atomic E-state index is 0.161. The molecular weight excluding hydrogens is 180 g/mol. The van der Waals surface area contributed by atoms with Crippen LogP contribution in [0.5, 0.6) is 0 Å². The Morgan fingerprint density at radius 1 is 1.54 bits per heavy atom. The third kappa shape index (κ3) is 6.92. The Balaban J connectivity index is 3.58. The van der Waals surface area contributed by atoms with E-state index in [0.29, 0.717) is 0 Å². The van der Waals surface area contributed by atoms with Gasteiger partial charge in [-0.05, 0) is 38.4 Å². The average molecular weight is 200 g/mol. The molecule has 2 nitrogen and oxygen atoms in total. The van der Waals surface area contributed by atoms with E-state index in [2.05, 4.69) is 24.1 Å². The standard InChI is InChI=1S/C10H20N2S/c1-4-12(6-5-7-13-3)9-10(2)8-11/h10H,4-7,9H2,1-3H3. The fourth-order valence-electron chi connectivity index (χ4n) is 1.24. The lowest BCUT2D eigenvalue weighted by molar-refractivity contribution is 0.270. The number of thioether (sulfide) groups is 1. The second kappa shape index (κ2) is 8.40. The van der Waals surface area contributed by atoms with Crippen LogP contribution in [-0.4, -0.2) is 36.5 Å². The first-order chi connectivity index (χ1) is 6.24. The van der Waals surface area contributed by atoms with Crippen molar-refractivity contribution in [3.63, 3.8) is 0 Å². The van der Waals surface area contributed by atoms with Gasteiger partial charge in [-0.15, -0.1) is 0 Å². The van der Waals surface area contributed by atoms with Crippen LogP contribution in [0.3, 0.4) is 0 Å². The Morgan fingerprint density at radius 2 is 2.23 bits per heavy atom. The van der Waals surface area contributed by atoms with Gasteiger partial charge >= 0.3 is 0 Å². The third-order valence-corrected chi connectivity index (χ3v) is 2.72. The number of hydrogen-bond acceptors (Lipinski definition) is 3. The maximum absolute atomic E-state index is 8.67. The molecule has 1 unspecified atom stereocenters. The van der Waals surface area contributed by atoms with Crippen molar-refractivity contribution >= 4 is 11.8 Å². The molecule has 0 fully saturated rings. The van der Waals surface area contributed by atoms with Gasteiger partial charge in [-0.3, -0.25) is 0 Å². The molecule has 0 radical (unpaired) electrons. The molecule has 0 heterocycles. The molecule has 0 N–H and O–H groups in total. The van der Waals surface area contributed by atoms with Gasteiger partial charge in [0.2, 0.25) is 0 Å². The van der Waals surface area contributed by atoms with Gasteiger partial charge in [-0.1, -0.05) is 6.92 Å². The summed E-state index contributed by atoms with van der Waals surface area (Å²) in [6.45, 7) is 7.24. The molecule has 0 saturated heterocycles. The molecule has 0 aromatic rings. The van der Waals surface area contributed by atoms with Crippen molar-refractivity contribution in [3.8, 4) is 6.07 Å². The van der Waals surface area contributed by atoms with Crippen molar-refractivity contribution in [3.05, 3.63) is 0 Å². The monoisotopic (exact) mass is 200 g/mol. The molecule has 0 amide bonds. The van der Waals surface area contributed by atoms with Gasteiger partial charge in [0, 0.05) is 6.54 Å². The summed E-state index contributed by atoms with van der Waals surface area (Å²) in [5.41, 5.74) is 0. The highest BCUT2D eigenvalue weighted by Crippen LogP contribution is 2.02. The molecule has 0 saturated carbocycles. The van der Waals surface area contributed by atoms with Crippen LogP contribution < -0.4 is 0 Å². The Kier molecular flexibility index (Phi) is 8.27. The van der Waals surface area contributed by atoms with Crippen molar-refractivity contribution in [1.29, 1.82) is 5.26 Å². The van der Waals surface area contributed by atoms with Crippen molar-refractivity contribution < 1.29 is 0 Å². The summed E-state index contributed by atoms with van der Waals surface area (Å²) < 4.78 is 0. The third-order valence-electron chi connectivity index (χ3n) is 2.02. The van der Waals surface area contributed by atoms with E-state index < -0.39 is 0 Å². The normalized spacial score (nSPS) is 12.8. The second-order valence-electron chi connectivity index (χ2n) is 3.27. The molecular formula is C10H20N2S. The van der Waals surface area contributed by atoms with Crippen molar-refractivity contribution in [2.75, 3.05) is 31.6 Å². The SMILES string of the molecule is CCN(CCCSC)CC(C)C#N. The Morgan fingerprint density at radius 3 is 2.69 bits per heavy atom. The summed E-state index contributed by atoms with van der Waals surface area (Å²) in [4.78, 5) is 2.35. The maximum Gasteiger partial charge on any atom is 0.0666 e. The zero-order valence-electron chi connectivity index (χ0n) is 8.92. The zero-order valence-corrected chi connectivity index (χ0v) is 9.73. The summed E-state index contributed by atoms with van der Waals surface area (Å²) in [6, 6.07) is 2.27. The van der Waals surface area contributed by atoms with Gasteiger partial charge in [-0.2, -0.15) is 17.0 Å². The van der Waals surface area contributed by atoms with E-state index >= 15 is 0 Å². The van der Waals surface area contributed by atoms with Crippen LogP contribution in [0.2, 0.25) is 0 Å². The second-order valence-corrected chi connectivity index (χ2v) is 4.26. The van der Waals surface area contributed by atoms with Gasteiger partial charge in [0.1, 0.15) is 0 Å². The number of nitriles is 1. The van der Waals surface area contributed by atoms with Crippen LogP contribution in [0.15, 0.2) is 0 Å². The molecule has 1 atom stereocenters. The maximum atomic E-state index is 8.67. The van der Waals surface area contributed by atoms with Crippen molar-refractivity contribution in [2.24, 2.45) is 5.92 Å². The topological polar surface area (TPSA) is 27.0 Å². The van der Waals surface area contributed by atoms with E-state index in [9.17, 15) is 0 Å². The minimum atomic E-state index is 0.161. The first-order valence-corrected chi connectivity index (χ1v) is 6.24. The van der Waals surface area contributed by atoms with E-state index in [-0.39, 0.29) is 5.92 Å². The molecule has 3 heteroatoms. The molecule has 0 aromatic carbocycles. The predicted molar refractivity (Wildman–Crippen MR) is 59.9 cm³/mol. The highest BCUT2D eigenvalue weighted by molar-refractivity contribution is 7.98. The molecule has 0 bridgehead atoms. The Labute approximate surface area is 86.3 Å². The quantitative estimate of drug-likeness (QED) is 0.590. The Hall–Kier alpha value is -0.200. The fourth-order valence-corrected chi connectivity index (χ4v) is 1.66. The van der Waals surface area contributed by atoms with Crippen LogP contribution in [0, 0.1) is 17.2 Å². The van der Waals surface area contributed by atoms with Gasteiger partial charge < -0.3 is 4.90 Å². The summed E-state index contributed by atoms with van der Waals surface area (Å²) in [5.74, 6) is 1.38. The lowest BCUT2D eigenvalue weighted by atomic mass is 10.2. The highest BCUT2D eigenvalue weighted by Gasteiger charge is 2.06. The van der Waals surface area contributed by atoms with Crippen LogP contribution >= 0.6 is 11.8 Å². The average Bonchev–Trinajstić information content (AvgIpc) is 2.16. The van der Waals surface area contributed by atoms with E-state index in [1.807, 2.05) is 18.7 Å². The minimum Gasteiger partial charge on any atom is -0.302 e. The zero-order chi connectivity index (χ0) is 10.1. The van der Waals surface area contributed by atoms with E-state index in [1.54, 1.807) is 0 Å². The lowest BCUT2D eigenvalue weighted by Gasteiger charge is -2.20. The smallest absolute Gasteiger partial charge is 0.0666 e. The summed E-state index contributed by atoms with van der Waals surface area (Å²) >= 11 is 1.89. The van der Waals surface area contributed by atoms with Crippen LogP contribution in [-0.2, 0) is 0 Å². The number of rotatable bonds is 7. The largest absolute Gasteiger partial charge is 0.302 e. The molecule has 0 spiro atoms. The predicted octanol–water partition coefficient (Wildman–Crippen LogP) is 2.22. The van der Waals surface area contributed by atoms with Crippen LogP contribution in [0.1, 0.15) is 20.3 Å². The van der Waals surface area contributed by atoms with Gasteiger partial charge in [-0.25, -0.2) is 0 Å². The van der Waals surface area contributed by atoms with Crippen LogP contribution in [0.4, 0.5) is 0 Å². The molecule has 0 aromatic heterocycles. The van der Waals surface area contributed by atoms with Crippen molar-refractivity contribution in [1.82, 2.24) is 4.90 Å². The first-order valence-electron chi connectivity index (χ1n) is 4.85. The molecule has 0 aliphatic rings. The highest BCUT2D eigenvalue weighted by atomic mass is 32.2. The summed E-state index contributed by atoms with van der Waals surface area (Å²) in [5, 5.41) is 8.67. The van der Waals surface area contributed by atoms with Gasteiger partial charge in [0.05, 0.1) is 12.0 Å². The van der Waals surface area contributed by atoms with Crippen LogP contribution in [0.25, 0.3) is 0 Å². The fraction of sp³-hybridized carbons (Fsp3) is 0.900. The van der Waals surface area contributed by atoms with E-state index in [0.717, 1.165) is 19.6 Å². The van der Waals surface area contributed by atoms with E-state index in [4.69, 9.17) is 5.26 Å². The number of nitrogens with zero attached hydrogens (tertiary/aromatic N) is 2. The summed E-state index contributed by atoms with van der Waals surface area (Å²) in [7, 11) is 0. The Bertz CT molecular complexity index is 153. The van der Waals surface area contributed by atoms with Gasteiger partial charge in [0.25, 0.3) is 0 Å². The van der Waals surface area contributed by atoms with Gasteiger partial charge in [0.15, 0.2) is 0 Å². The lowest BCUT2D eigenvalue weighted by Crippen LogP contribution is -2.29.